The summed E-state index contributed by atoms with van der Waals surface area (Å²) in [5, 5.41) is 15.5. The minimum Gasteiger partial charge on any atom is -0.480 e. The number of nitrogens with zero attached hydrogens (tertiary/aromatic N) is 5. The Kier molecular flexibility index (Phi) is 4.51. The summed E-state index contributed by atoms with van der Waals surface area (Å²) in [6, 6.07) is -0.174. The van der Waals surface area contributed by atoms with E-state index in [0.29, 0.717) is 32.0 Å². The summed E-state index contributed by atoms with van der Waals surface area (Å²) in [6.45, 7) is 2.50. The van der Waals surface area contributed by atoms with Crippen molar-refractivity contribution in [2.75, 3.05) is 32.7 Å². The van der Waals surface area contributed by atoms with E-state index in [9.17, 15) is 9.59 Å². The van der Waals surface area contributed by atoms with Crippen LogP contribution in [0.15, 0.2) is 6.33 Å². The molecule has 0 spiro atoms. The van der Waals surface area contributed by atoms with Crippen LogP contribution < -0.4 is 5.32 Å². The SMILES string of the molecule is Cn1cnc(CNC(=O)N2CCN(CC(=O)O)CC2)n1. The summed E-state index contributed by atoms with van der Waals surface area (Å²) in [6.07, 6.45) is 1.58. The molecule has 2 amide bonds. The average molecular weight is 282 g/mol. The molecule has 0 bridgehead atoms. The molecule has 0 aliphatic carbocycles. The topological polar surface area (TPSA) is 104 Å². The average Bonchev–Trinajstić information content (AvgIpc) is 2.82. The zero-order valence-electron chi connectivity index (χ0n) is 11.3. The molecule has 9 heteroatoms. The monoisotopic (exact) mass is 282 g/mol. The van der Waals surface area contributed by atoms with Crippen LogP contribution in [0, 0.1) is 0 Å². The highest BCUT2D eigenvalue weighted by atomic mass is 16.4. The first kappa shape index (κ1) is 14.3. The normalized spacial score (nSPS) is 16.1. The van der Waals surface area contributed by atoms with Crippen molar-refractivity contribution in [3.8, 4) is 0 Å². The Hall–Kier alpha value is -2.16. The fourth-order valence-electron chi connectivity index (χ4n) is 2.03. The van der Waals surface area contributed by atoms with Gasteiger partial charge in [0.1, 0.15) is 6.33 Å². The van der Waals surface area contributed by atoms with Crippen molar-refractivity contribution in [2.45, 2.75) is 6.54 Å². The molecule has 9 nitrogen and oxygen atoms in total. The Morgan fingerprint density at radius 3 is 2.60 bits per heavy atom. The summed E-state index contributed by atoms with van der Waals surface area (Å²) in [4.78, 5) is 30.0. The Bertz CT molecular complexity index is 480. The molecule has 0 aromatic carbocycles. The van der Waals surface area contributed by atoms with Crippen LogP contribution in [-0.2, 0) is 18.4 Å². The fourth-order valence-corrected chi connectivity index (χ4v) is 2.03. The number of hydrogen-bond donors (Lipinski definition) is 2. The van der Waals surface area contributed by atoms with E-state index >= 15 is 0 Å². The zero-order chi connectivity index (χ0) is 14.5. The van der Waals surface area contributed by atoms with E-state index in [2.05, 4.69) is 15.4 Å². The lowest BCUT2D eigenvalue weighted by atomic mass is 10.3. The molecular weight excluding hydrogens is 264 g/mol. The molecule has 1 aromatic rings. The smallest absolute Gasteiger partial charge is 0.317 e. The molecule has 1 fully saturated rings. The second-order valence-corrected chi connectivity index (χ2v) is 4.65. The number of aryl methyl sites for hydroxylation is 1. The molecule has 1 aromatic heterocycles. The molecule has 2 rings (SSSR count). The van der Waals surface area contributed by atoms with Crippen LogP contribution in [-0.4, -0.2) is 74.4 Å². The van der Waals surface area contributed by atoms with Crippen molar-refractivity contribution in [3.05, 3.63) is 12.2 Å². The van der Waals surface area contributed by atoms with Gasteiger partial charge in [-0.05, 0) is 0 Å². The maximum atomic E-state index is 11.9. The van der Waals surface area contributed by atoms with Crippen molar-refractivity contribution < 1.29 is 14.7 Å². The quantitative estimate of drug-likeness (QED) is 0.713. The fraction of sp³-hybridized carbons (Fsp3) is 0.636. The van der Waals surface area contributed by atoms with Gasteiger partial charge in [0.15, 0.2) is 5.82 Å². The van der Waals surface area contributed by atoms with Gasteiger partial charge in [-0.3, -0.25) is 14.4 Å². The Labute approximate surface area is 116 Å². The molecule has 0 radical (unpaired) electrons. The Morgan fingerprint density at radius 2 is 2.05 bits per heavy atom. The van der Waals surface area contributed by atoms with Crippen LogP contribution in [0.3, 0.4) is 0 Å². The first-order valence-corrected chi connectivity index (χ1v) is 6.36. The van der Waals surface area contributed by atoms with Gasteiger partial charge in [-0.15, -0.1) is 0 Å². The van der Waals surface area contributed by atoms with Crippen molar-refractivity contribution in [1.82, 2.24) is 29.9 Å². The van der Waals surface area contributed by atoms with Gasteiger partial charge in [0.2, 0.25) is 0 Å². The van der Waals surface area contributed by atoms with E-state index in [0.717, 1.165) is 0 Å². The molecule has 2 N–H and O–H groups in total. The second kappa shape index (κ2) is 6.33. The molecule has 2 heterocycles. The lowest BCUT2D eigenvalue weighted by Crippen LogP contribution is -2.52. The third-order valence-corrected chi connectivity index (χ3v) is 3.06. The minimum absolute atomic E-state index is 0.0211. The van der Waals surface area contributed by atoms with Crippen molar-refractivity contribution in [1.29, 1.82) is 0 Å². The number of piperazine rings is 1. The molecule has 1 saturated heterocycles. The molecular formula is C11H18N6O3. The highest BCUT2D eigenvalue weighted by Gasteiger charge is 2.22. The molecule has 1 aliphatic heterocycles. The Balaban J connectivity index is 1.73. The summed E-state index contributed by atoms with van der Waals surface area (Å²) < 4.78 is 1.58. The number of nitrogens with one attached hydrogen (secondary N) is 1. The van der Waals surface area contributed by atoms with E-state index in [1.807, 2.05) is 4.90 Å². The first-order valence-electron chi connectivity index (χ1n) is 6.36. The number of aliphatic carboxylic acids is 1. The van der Waals surface area contributed by atoms with Gasteiger partial charge in [-0.1, -0.05) is 0 Å². The summed E-state index contributed by atoms with van der Waals surface area (Å²) in [7, 11) is 1.76. The van der Waals surface area contributed by atoms with Gasteiger partial charge in [-0.2, -0.15) is 5.10 Å². The van der Waals surface area contributed by atoms with Crippen LogP contribution in [0.4, 0.5) is 4.79 Å². The number of carbonyl (C=O) groups is 2. The van der Waals surface area contributed by atoms with Gasteiger partial charge in [0.25, 0.3) is 0 Å². The minimum atomic E-state index is -0.843. The number of carbonyl (C=O) groups excluding carboxylic acids is 1. The largest absolute Gasteiger partial charge is 0.480 e. The van der Waals surface area contributed by atoms with Gasteiger partial charge < -0.3 is 15.3 Å². The predicted octanol–water partition coefficient (Wildman–Crippen LogP) is -1.27. The summed E-state index contributed by atoms with van der Waals surface area (Å²) in [5.74, 6) is -0.283. The standard InChI is InChI=1S/C11H18N6O3/c1-15-8-13-9(14-15)6-12-11(20)17-4-2-16(3-5-17)7-10(18)19/h8H,2-7H2,1H3,(H,12,20)(H,18,19). The van der Waals surface area contributed by atoms with Crippen molar-refractivity contribution in [2.24, 2.45) is 7.05 Å². The third kappa shape index (κ3) is 3.92. The van der Waals surface area contributed by atoms with Crippen molar-refractivity contribution >= 4 is 12.0 Å². The maximum Gasteiger partial charge on any atom is 0.317 e. The van der Waals surface area contributed by atoms with E-state index in [1.165, 1.54) is 0 Å². The van der Waals surface area contributed by atoms with Gasteiger partial charge in [0, 0.05) is 33.2 Å². The van der Waals surface area contributed by atoms with E-state index in [1.54, 1.807) is 23.0 Å². The maximum absolute atomic E-state index is 11.9. The number of urea groups is 1. The molecule has 1 aliphatic rings. The highest BCUT2D eigenvalue weighted by molar-refractivity contribution is 5.74. The van der Waals surface area contributed by atoms with Gasteiger partial charge >= 0.3 is 12.0 Å². The third-order valence-electron chi connectivity index (χ3n) is 3.06. The van der Waals surface area contributed by atoms with E-state index < -0.39 is 5.97 Å². The summed E-state index contributed by atoms with van der Waals surface area (Å²) in [5.41, 5.74) is 0. The number of hydrogen-bond acceptors (Lipinski definition) is 5. The summed E-state index contributed by atoms with van der Waals surface area (Å²) >= 11 is 0. The van der Waals surface area contributed by atoms with Crippen LogP contribution in [0.5, 0.6) is 0 Å². The van der Waals surface area contributed by atoms with Crippen molar-refractivity contribution in [3.63, 3.8) is 0 Å². The molecule has 110 valence electrons. The zero-order valence-corrected chi connectivity index (χ0v) is 11.3. The lowest BCUT2D eigenvalue weighted by Gasteiger charge is -2.33. The number of carboxylic acids is 1. The van der Waals surface area contributed by atoms with Gasteiger partial charge in [0.05, 0.1) is 13.1 Å². The molecule has 20 heavy (non-hydrogen) atoms. The molecule has 0 unspecified atom stereocenters. The number of rotatable bonds is 4. The van der Waals surface area contributed by atoms with E-state index in [-0.39, 0.29) is 19.1 Å². The molecule has 0 saturated carbocycles. The second-order valence-electron chi connectivity index (χ2n) is 4.65. The van der Waals surface area contributed by atoms with Crippen LogP contribution in [0.1, 0.15) is 5.82 Å². The molecule has 0 atom stereocenters. The number of amides is 2. The number of aromatic nitrogens is 3. The van der Waals surface area contributed by atoms with Crippen LogP contribution in [0.25, 0.3) is 0 Å². The predicted molar refractivity (Wildman–Crippen MR) is 68.9 cm³/mol. The lowest BCUT2D eigenvalue weighted by molar-refractivity contribution is -0.138. The Morgan fingerprint density at radius 1 is 1.35 bits per heavy atom. The van der Waals surface area contributed by atoms with E-state index in [4.69, 9.17) is 5.11 Å². The highest BCUT2D eigenvalue weighted by Crippen LogP contribution is 2.02. The van der Waals surface area contributed by atoms with Crippen LogP contribution in [0.2, 0.25) is 0 Å². The van der Waals surface area contributed by atoms with Gasteiger partial charge in [-0.25, -0.2) is 9.78 Å². The van der Waals surface area contributed by atoms with Crippen LogP contribution >= 0.6 is 0 Å². The number of carboxylic acid groups (broad SMARTS) is 1. The first-order chi connectivity index (χ1) is 9.54.